The van der Waals surface area contributed by atoms with Crippen LogP contribution in [0.2, 0.25) is 5.02 Å². The topological polar surface area (TPSA) is 74.9 Å². The molecular formula is C28H22ClN3O4. The van der Waals surface area contributed by atoms with Crippen molar-refractivity contribution in [2.75, 3.05) is 13.3 Å². The van der Waals surface area contributed by atoms with Gasteiger partial charge in [-0.25, -0.2) is 0 Å². The van der Waals surface area contributed by atoms with Gasteiger partial charge in [-0.3, -0.25) is 9.59 Å². The van der Waals surface area contributed by atoms with Crippen molar-refractivity contribution >= 4 is 34.3 Å². The van der Waals surface area contributed by atoms with Crippen molar-refractivity contribution in [1.29, 1.82) is 0 Å². The van der Waals surface area contributed by atoms with E-state index in [0.29, 0.717) is 29.5 Å². The third-order valence-corrected chi connectivity index (χ3v) is 7.55. The lowest BCUT2D eigenvalue weighted by molar-refractivity contribution is -0.159. The zero-order valence-corrected chi connectivity index (χ0v) is 20.0. The minimum atomic E-state index is -0.601. The molecule has 7 rings (SSSR count). The Morgan fingerprint density at radius 1 is 0.972 bits per heavy atom. The molecule has 3 aliphatic heterocycles. The lowest BCUT2D eigenvalue weighted by Crippen LogP contribution is -2.62. The molecule has 1 saturated heterocycles. The first-order chi connectivity index (χ1) is 17.6. The van der Waals surface area contributed by atoms with Crippen LogP contribution in [0.25, 0.3) is 10.9 Å². The number of hydrogen-bond acceptors (Lipinski definition) is 4. The molecule has 0 radical (unpaired) electrons. The number of carbonyl (C=O) groups excluding carboxylic acids is 2. The highest BCUT2D eigenvalue weighted by atomic mass is 35.5. The molecule has 4 aromatic rings. The number of aromatic nitrogens is 1. The third kappa shape index (κ3) is 3.27. The maximum absolute atomic E-state index is 13.9. The largest absolute Gasteiger partial charge is 0.454 e. The van der Waals surface area contributed by atoms with E-state index in [1.165, 1.54) is 0 Å². The van der Waals surface area contributed by atoms with E-state index >= 15 is 0 Å². The molecule has 1 aromatic heterocycles. The number of rotatable bonds is 3. The lowest BCUT2D eigenvalue weighted by Gasteiger charge is -2.47. The summed E-state index contributed by atoms with van der Waals surface area (Å²) in [7, 11) is 0. The Bertz CT molecular complexity index is 1550. The molecule has 180 valence electrons. The van der Waals surface area contributed by atoms with Crippen LogP contribution < -0.4 is 9.47 Å². The zero-order chi connectivity index (χ0) is 24.4. The molecule has 8 heteroatoms. The van der Waals surface area contributed by atoms with Crippen molar-refractivity contribution in [1.82, 2.24) is 14.8 Å². The van der Waals surface area contributed by atoms with Gasteiger partial charge >= 0.3 is 0 Å². The number of para-hydroxylation sites is 1. The number of piperazine rings is 1. The maximum atomic E-state index is 13.9. The second kappa shape index (κ2) is 8.03. The number of ether oxygens (including phenoxy) is 2. The van der Waals surface area contributed by atoms with Gasteiger partial charge in [0.2, 0.25) is 18.6 Å². The van der Waals surface area contributed by atoms with E-state index in [1.807, 2.05) is 60.7 Å². The van der Waals surface area contributed by atoms with Gasteiger partial charge in [0.1, 0.15) is 12.6 Å². The van der Waals surface area contributed by atoms with Crippen molar-refractivity contribution in [3.05, 3.63) is 94.1 Å². The Morgan fingerprint density at radius 3 is 2.72 bits per heavy atom. The van der Waals surface area contributed by atoms with Gasteiger partial charge in [0.25, 0.3) is 0 Å². The fraction of sp³-hybridized carbons (Fsp3) is 0.214. The van der Waals surface area contributed by atoms with Crippen LogP contribution in [-0.4, -0.2) is 46.0 Å². The molecule has 0 spiro atoms. The van der Waals surface area contributed by atoms with Crippen LogP contribution in [0.4, 0.5) is 0 Å². The molecule has 36 heavy (non-hydrogen) atoms. The van der Waals surface area contributed by atoms with Gasteiger partial charge in [0.15, 0.2) is 11.5 Å². The summed E-state index contributed by atoms with van der Waals surface area (Å²) in [5.74, 6) is 1.20. The van der Waals surface area contributed by atoms with E-state index in [-0.39, 0.29) is 25.2 Å². The van der Waals surface area contributed by atoms with Crippen molar-refractivity contribution in [3.8, 4) is 11.5 Å². The van der Waals surface area contributed by atoms with Crippen LogP contribution in [0.3, 0.4) is 0 Å². The Hall–Kier alpha value is -3.97. The van der Waals surface area contributed by atoms with E-state index in [0.717, 1.165) is 33.3 Å². The average Bonchev–Trinajstić information content (AvgIpc) is 3.50. The SMILES string of the molecule is O=C1[C@@H]2Cc3c([nH]c4ccccc34)[C@@H](c3cccc(Cl)c3)N2C(=O)CN1Cc1ccc2c(c1)OCO2. The van der Waals surface area contributed by atoms with Crippen molar-refractivity contribution in [3.63, 3.8) is 0 Å². The zero-order valence-electron chi connectivity index (χ0n) is 19.2. The number of amides is 2. The molecule has 1 fully saturated rings. The molecule has 0 bridgehead atoms. The third-order valence-electron chi connectivity index (χ3n) is 7.32. The van der Waals surface area contributed by atoms with Gasteiger partial charge in [-0.15, -0.1) is 0 Å². The first kappa shape index (κ1) is 21.3. The van der Waals surface area contributed by atoms with E-state index < -0.39 is 12.1 Å². The molecule has 0 aliphatic carbocycles. The Morgan fingerprint density at radius 2 is 1.83 bits per heavy atom. The van der Waals surface area contributed by atoms with Gasteiger partial charge in [-0.1, -0.05) is 48.0 Å². The lowest BCUT2D eigenvalue weighted by atomic mass is 9.86. The predicted molar refractivity (Wildman–Crippen MR) is 134 cm³/mol. The standard InChI is InChI=1S/C28H22ClN3O4/c29-18-5-3-4-17(11-18)27-26-20(19-6-1-2-7-21(19)30-26)12-22-28(34)31(14-25(33)32(22)27)13-16-8-9-23-24(10-16)36-15-35-23/h1-11,22,27,30H,12-15H2/t22-,27+/m0/s1. The fourth-order valence-corrected chi connectivity index (χ4v) is 5.94. The van der Waals surface area contributed by atoms with Crippen molar-refractivity contribution in [2.24, 2.45) is 0 Å². The summed E-state index contributed by atoms with van der Waals surface area (Å²) < 4.78 is 10.9. The molecule has 0 unspecified atom stereocenters. The van der Waals surface area contributed by atoms with Crippen molar-refractivity contribution in [2.45, 2.75) is 25.0 Å². The first-order valence-corrected chi connectivity index (χ1v) is 12.3. The second-order valence-electron chi connectivity index (χ2n) is 9.42. The highest BCUT2D eigenvalue weighted by molar-refractivity contribution is 6.30. The smallest absolute Gasteiger partial charge is 0.246 e. The highest BCUT2D eigenvalue weighted by Crippen LogP contribution is 2.43. The number of halogens is 1. The Kier molecular flexibility index (Phi) is 4.76. The Balaban J connectivity index is 1.30. The Labute approximate surface area is 212 Å². The number of hydrogen-bond donors (Lipinski definition) is 1. The van der Waals surface area contributed by atoms with Crippen LogP contribution in [0.5, 0.6) is 11.5 Å². The number of fused-ring (bicyclic) bond motifs is 5. The molecular weight excluding hydrogens is 478 g/mol. The number of nitrogens with one attached hydrogen (secondary N) is 1. The monoisotopic (exact) mass is 499 g/mol. The molecule has 3 aliphatic rings. The van der Waals surface area contributed by atoms with Crippen LogP contribution in [0.1, 0.15) is 28.4 Å². The summed E-state index contributed by atoms with van der Waals surface area (Å²) in [4.78, 5) is 34.5. The number of carbonyl (C=O) groups is 2. The van der Waals surface area contributed by atoms with Crippen LogP contribution >= 0.6 is 11.6 Å². The van der Waals surface area contributed by atoms with Crippen molar-refractivity contribution < 1.29 is 19.1 Å². The van der Waals surface area contributed by atoms with E-state index in [2.05, 4.69) is 11.1 Å². The number of nitrogens with zero attached hydrogens (tertiary/aromatic N) is 2. The second-order valence-corrected chi connectivity index (χ2v) is 9.86. The van der Waals surface area contributed by atoms with Crippen LogP contribution in [0, 0.1) is 0 Å². The quantitative estimate of drug-likeness (QED) is 0.452. The normalized spacial score (nSPS) is 20.6. The minimum Gasteiger partial charge on any atom is -0.454 e. The van der Waals surface area contributed by atoms with Crippen LogP contribution in [-0.2, 0) is 22.6 Å². The van der Waals surface area contributed by atoms with Gasteiger partial charge in [0, 0.05) is 34.6 Å². The fourth-order valence-electron chi connectivity index (χ4n) is 5.74. The number of aromatic amines is 1. The molecule has 0 saturated carbocycles. The van der Waals surface area contributed by atoms with Gasteiger partial charge < -0.3 is 24.3 Å². The molecule has 4 heterocycles. The van der Waals surface area contributed by atoms with E-state index in [4.69, 9.17) is 21.1 Å². The predicted octanol–water partition coefficient (Wildman–Crippen LogP) is 4.44. The molecule has 2 atom stereocenters. The summed E-state index contributed by atoms with van der Waals surface area (Å²) >= 11 is 6.36. The average molecular weight is 500 g/mol. The van der Waals surface area contributed by atoms with Gasteiger partial charge in [-0.05, 0) is 47.0 Å². The maximum Gasteiger partial charge on any atom is 0.246 e. The van der Waals surface area contributed by atoms with Crippen LogP contribution in [0.15, 0.2) is 66.7 Å². The molecule has 1 N–H and O–H groups in total. The number of H-pyrrole nitrogens is 1. The summed E-state index contributed by atoms with van der Waals surface area (Å²) in [6.45, 7) is 0.527. The summed E-state index contributed by atoms with van der Waals surface area (Å²) in [6.07, 6.45) is 0.457. The number of benzene rings is 3. The van der Waals surface area contributed by atoms with Gasteiger partial charge in [0.05, 0.1) is 6.04 Å². The van der Waals surface area contributed by atoms with E-state index in [1.54, 1.807) is 9.80 Å². The highest BCUT2D eigenvalue weighted by Gasteiger charge is 2.48. The first-order valence-electron chi connectivity index (χ1n) is 11.9. The summed E-state index contributed by atoms with van der Waals surface area (Å²) in [5.41, 5.74) is 4.78. The molecule has 2 amide bonds. The molecule has 3 aromatic carbocycles. The summed E-state index contributed by atoms with van der Waals surface area (Å²) in [5, 5.41) is 1.67. The van der Waals surface area contributed by atoms with E-state index in [9.17, 15) is 9.59 Å². The van der Waals surface area contributed by atoms with Gasteiger partial charge in [-0.2, -0.15) is 0 Å². The molecule has 7 nitrogen and oxygen atoms in total. The summed E-state index contributed by atoms with van der Waals surface area (Å²) in [6, 6.07) is 20.2. The minimum absolute atomic E-state index is 0.0103.